The summed E-state index contributed by atoms with van der Waals surface area (Å²) in [7, 11) is -3.75. The summed E-state index contributed by atoms with van der Waals surface area (Å²) < 4.78 is 25.2. The van der Waals surface area contributed by atoms with Gasteiger partial charge in [-0.2, -0.15) is 0 Å². The normalized spacial score (nSPS) is 11.5. The molecule has 0 atom stereocenters. The minimum atomic E-state index is -3.75. The number of aryl methyl sites for hydroxylation is 1. The second-order valence-electron chi connectivity index (χ2n) is 6.19. The summed E-state index contributed by atoms with van der Waals surface area (Å²) in [5.41, 5.74) is 5.21. The van der Waals surface area contributed by atoms with Gasteiger partial charge in [0.15, 0.2) is 11.6 Å². The van der Waals surface area contributed by atoms with Crippen molar-refractivity contribution in [2.24, 2.45) is 0 Å². The van der Waals surface area contributed by atoms with Gasteiger partial charge in [-0.3, -0.25) is 10.4 Å². The van der Waals surface area contributed by atoms with Crippen molar-refractivity contribution in [1.29, 1.82) is 0 Å². The Hall–Kier alpha value is -3.36. The maximum absolute atomic E-state index is 12.6. The summed E-state index contributed by atoms with van der Waals surface area (Å²) in [6, 6.07) is 17.6. The third kappa shape index (κ3) is 3.68. The molecule has 28 heavy (non-hydrogen) atoms. The number of hydrogen-bond donors (Lipinski definition) is 2. The lowest BCUT2D eigenvalue weighted by atomic mass is 10.2. The molecule has 0 saturated carbocycles. The third-order valence-corrected chi connectivity index (χ3v) is 5.44. The molecule has 0 spiro atoms. The van der Waals surface area contributed by atoms with E-state index >= 15 is 0 Å². The van der Waals surface area contributed by atoms with Crippen molar-refractivity contribution >= 4 is 26.7 Å². The van der Waals surface area contributed by atoms with Gasteiger partial charge in [-0.05, 0) is 43.3 Å². The van der Waals surface area contributed by atoms with Gasteiger partial charge in [0.1, 0.15) is 0 Å². The van der Waals surface area contributed by atoms with E-state index in [-0.39, 0.29) is 4.90 Å². The lowest BCUT2D eigenvalue weighted by molar-refractivity contribution is 0.587. The minimum absolute atomic E-state index is 0.165. The van der Waals surface area contributed by atoms with E-state index < -0.39 is 10.0 Å². The van der Waals surface area contributed by atoms with Crippen LogP contribution < -0.4 is 10.3 Å². The number of sulfonamides is 1. The Morgan fingerprint density at radius 3 is 2.32 bits per heavy atom. The van der Waals surface area contributed by atoms with Crippen molar-refractivity contribution in [3.63, 3.8) is 0 Å². The van der Waals surface area contributed by atoms with Crippen LogP contribution in [0, 0.1) is 6.92 Å². The van der Waals surface area contributed by atoms with E-state index in [0.29, 0.717) is 22.5 Å². The standard InChI is InChI=1S/C20H17N5O2S/c1-14-6-8-16(9-7-14)28(26,27)25-24-20-17-4-2-3-5-18(17)22-19(23-20)15-10-12-21-13-11-15/h2-13,25H,1H3,(H,22,23,24). The summed E-state index contributed by atoms with van der Waals surface area (Å²) in [6.07, 6.45) is 3.31. The van der Waals surface area contributed by atoms with Gasteiger partial charge in [-0.15, -0.1) is 4.83 Å². The first-order valence-corrected chi connectivity index (χ1v) is 10.0. The van der Waals surface area contributed by atoms with Gasteiger partial charge < -0.3 is 0 Å². The molecule has 0 saturated heterocycles. The van der Waals surface area contributed by atoms with Gasteiger partial charge in [0, 0.05) is 23.3 Å². The summed E-state index contributed by atoms with van der Waals surface area (Å²) in [6.45, 7) is 1.90. The highest BCUT2D eigenvalue weighted by atomic mass is 32.2. The smallest absolute Gasteiger partial charge is 0.257 e. The summed E-state index contributed by atoms with van der Waals surface area (Å²) in [5.74, 6) is 0.839. The Balaban J connectivity index is 1.71. The van der Waals surface area contributed by atoms with Crippen molar-refractivity contribution in [2.75, 3.05) is 5.43 Å². The fourth-order valence-corrected chi connectivity index (χ4v) is 3.54. The molecular formula is C20H17N5O2S. The molecule has 4 rings (SSSR count). The van der Waals surface area contributed by atoms with Gasteiger partial charge >= 0.3 is 0 Å². The molecule has 0 amide bonds. The first-order valence-electron chi connectivity index (χ1n) is 8.55. The Bertz CT molecular complexity index is 1230. The van der Waals surface area contributed by atoms with Crippen LogP contribution in [0.15, 0.2) is 78.0 Å². The second-order valence-corrected chi connectivity index (χ2v) is 7.87. The molecule has 0 aliphatic rings. The zero-order chi connectivity index (χ0) is 19.6. The van der Waals surface area contributed by atoms with Crippen LogP contribution in [0.25, 0.3) is 22.3 Å². The topological polar surface area (TPSA) is 96.9 Å². The lowest BCUT2D eigenvalue weighted by Crippen LogP contribution is -2.30. The summed E-state index contributed by atoms with van der Waals surface area (Å²) >= 11 is 0. The molecule has 0 fully saturated rings. The molecule has 2 aromatic heterocycles. The fraction of sp³-hybridized carbons (Fsp3) is 0.0500. The average Bonchev–Trinajstić information content (AvgIpc) is 2.73. The van der Waals surface area contributed by atoms with Crippen molar-refractivity contribution in [1.82, 2.24) is 19.8 Å². The zero-order valence-corrected chi connectivity index (χ0v) is 15.8. The minimum Gasteiger partial charge on any atom is -0.291 e. The third-order valence-electron chi connectivity index (χ3n) is 4.18. The van der Waals surface area contributed by atoms with Crippen LogP contribution in [0.1, 0.15) is 5.56 Å². The van der Waals surface area contributed by atoms with Crippen LogP contribution in [0.4, 0.5) is 5.82 Å². The molecule has 0 unspecified atom stereocenters. The number of pyridine rings is 1. The van der Waals surface area contributed by atoms with Crippen LogP contribution in [0.3, 0.4) is 0 Å². The summed E-state index contributed by atoms with van der Waals surface area (Å²) in [5, 5.41) is 0.701. The van der Waals surface area contributed by atoms with Gasteiger partial charge in [0.2, 0.25) is 0 Å². The second kappa shape index (κ2) is 7.34. The molecule has 8 heteroatoms. The van der Waals surface area contributed by atoms with E-state index in [2.05, 4.69) is 25.2 Å². The largest absolute Gasteiger partial charge is 0.291 e. The van der Waals surface area contributed by atoms with E-state index in [1.54, 1.807) is 48.8 Å². The number of nitrogens with zero attached hydrogens (tertiary/aromatic N) is 3. The number of para-hydroxylation sites is 1. The summed E-state index contributed by atoms with van der Waals surface area (Å²) in [4.78, 5) is 15.6. The number of anilines is 1. The zero-order valence-electron chi connectivity index (χ0n) is 15.0. The van der Waals surface area contributed by atoms with Crippen LogP contribution >= 0.6 is 0 Å². The Morgan fingerprint density at radius 1 is 0.857 bits per heavy atom. The molecule has 140 valence electrons. The van der Waals surface area contributed by atoms with Crippen LogP contribution in [0.2, 0.25) is 0 Å². The maximum atomic E-state index is 12.6. The quantitative estimate of drug-likeness (QED) is 0.507. The van der Waals surface area contributed by atoms with Crippen LogP contribution in [-0.2, 0) is 10.0 Å². The first-order chi connectivity index (χ1) is 13.5. The number of rotatable bonds is 5. The van der Waals surface area contributed by atoms with Gasteiger partial charge in [0.25, 0.3) is 10.0 Å². The van der Waals surface area contributed by atoms with Gasteiger partial charge in [-0.25, -0.2) is 18.4 Å². The lowest BCUT2D eigenvalue weighted by Gasteiger charge is -2.12. The Kier molecular flexibility index (Phi) is 4.72. The van der Waals surface area contributed by atoms with Gasteiger partial charge in [0.05, 0.1) is 10.4 Å². The molecule has 2 aromatic carbocycles. The number of hydrazine groups is 1. The van der Waals surface area contributed by atoms with Crippen LogP contribution in [0.5, 0.6) is 0 Å². The van der Waals surface area contributed by atoms with Crippen LogP contribution in [-0.4, -0.2) is 23.4 Å². The SMILES string of the molecule is Cc1ccc(S(=O)(=O)NNc2nc(-c3ccncc3)nc3ccccc23)cc1. The molecule has 4 aromatic rings. The fourth-order valence-electron chi connectivity index (χ4n) is 2.69. The van der Waals surface area contributed by atoms with Crippen molar-refractivity contribution in [3.05, 3.63) is 78.6 Å². The maximum Gasteiger partial charge on any atom is 0.257 e. The highest BCUT2D eigenvalue weighted by molar-refractivity contribution is 7.89. The number of nitrogens with one attached hydrogen (secondary N) is 2. The molecule has 7 nitrogen and oxygen atoms in total. The number of hydrogen-bond acceptors (Lipinski definition) is 6. The highest BCUT2D eigenvalue weighted by Crippen LogP contribution is 2.24. The monoisotopic (exact) mass is 391 g/mol. The molecule has 2 heterocycles. The molecule has 0 aliphatic heterocycles. The van der Waals surface area contributed by atoms with E-state index in [4.69, 9.17) is 0 Å². The number of benzene rings is 2. The Morgan fingerprint density at radius 2 is 1.57 bits per heavy atom. The van der Waals surface area contributed by atoms with Crippen molar-refractivity contribution in [2.45, 2.75) is 11.8 Å². The van der Waals surface area contributed by atoms with Crippen molar-refractivity contribution in [3.8, 4) is 11.4 Å². The number of fused-ring (bicyclic) bond motifs is 1. The molecular weight excluding hydrogens is 374 g/mol. The number of aromatic nitrogens is 3. The highest BCUT2D eigenvalue weighted by Gasteiger charge is 2.15. The molecule has 0 bridgehead atoms. The van der Waals surface area contributed by atoms with E-state index in [1.807, 2.05) is 31.2 Å². The predicted molar refractivity (Wildman–Crippen MR) is 108 cm³/mol. The van der Waals surface area contributed by atoms with E-state index in [0.717, 1.165) is 11.1 Å². The predicted octanol–water partition coefficient (Wildman–Crippen LogP) is 3.31. The van der Waals surface area contributed by atoms with E-state index in [9.17, 15) is 8.42 Å². The van der Waals surface area contributed by atoms with E-state index in [1.165, 1.54) is 0 Å². The van der Waals surface area contributed by atoms with Gasteiger partial charge in [-0.1, -0.05) is 29.8 Å². The Labute approximate surface area is 162 Å². The average molecular weight is 391 g/mol. The first kappa shape index (κ1) is 18.0. The molecule has 0 aliphatic carbocycles. The molecule has 0 radical (unpaired) electrons. The van der Waals surface area contributed by atoms with Crippen molar-refractivity contribution < 1.29 is 8.42 Å². The molecule has 2 N–H and O–H groups in total.